The Morgan fingerprint density at radius 2 is 1.94 bits per heavy atom. The first-order valence-corrected chi connectivity index (χ1v) is 11.3. The lowest BCUT2D eigenvalue weighted by atomic mass is 9.91. The van der Waals surface area contributed by atoms with E-state index in [0.717, 1.165) is 60.7 Å². The first-order chi connectivity index (χ1) is 15.5. The zero-order valence-corrected chi connectivity index (χ0v) is 18.2. The van der Waals surface area contributed by atoms with Crippen LogP contribution in [0.25, 0.3) is 10.9 Å². The van der Waals surface area contributed by atoms with Crippen LogP contribution in [0.2, 0.25) is 0 Å². The molecule has 1 amide bonds. The minimum Gasteiger partial charge on any atom is -0.364 e. The molecule has 2 heterocycles. The van der Waals surface area contributed by atoms with E-state index in [9.17, 15) is 4.79 Å². The number of nitrogens with two attached hydrogens (primary N) is 2. The third-order valence-electron chi connectivity index (χ3n) is 6.66. The van der Waals surface area contributed by atoms with Crippen molar-refractivity contribution in [2.75, 3.05) is 10.6 Å². The lowest BCUT2D eigenvalue weighted by Gasteiger charge is -2.29. The fourth-order valence-corrected chi connectivity index (χ4v) is 4.60. The number of amides is 1. The van der Waals surface area contributed by atoms with Gasteiger partial charge in [0.1, 0.15) is 0 Å². The van der Waals surface area contributed by atoms with Crippen LogP contribution in [0.3, 0.4) is 0 Å². The van der Waals surface area contributed by atoms with Crippen molar-refractivity contribution in [1.29, 1.82) is 0 Å². The molecule has 10 heteroatoms. The molecule has 32 heavy (non-hydrogen) atoms. The van der Waals surface area contributed by atoms with Gasteiger partial charge in [-0.05, 0) is 56.7 Å². The number of aryl methyl sites for hydroxylation is 1. The van der Waals surface area contributed by atoms with E-state index in [4.69, 9.17) is 11.5 Å². The van der Waals surface area contributed by atoms with E-state index >= 15 is 0 Å². The molecule has 0 spiro atoms. The number of nitrogens with zero attached hydrogens (tertiary/aromatic N) is 5. The molecule has 2 saturated carbocycles. The van der Waals surface area contributed by atoms with E-state index in [1.807, 2.05) is 25.3 Å². The normalized spacial score (nSPS) is 21.3. The van der Waals surface area contributed by atoms with Gasteiger partial charge in [-0.25, -0.2) is 0 Å². The Kier molecular flexibility index (Phi) is 5.38. The van der Waals surface area contributed by atoms with E-state index in [1.165, 1.54) is 6.42 Å². The van der Waals surface area contributed by atoms with Crippen LogP contribution < -0.4 is 22.1 Å². The minimum absolute atomic E-state index is 0.00579. The van der Waals surface area contributed by atoms with Crippen LogP contribution in [0.4, 0.5) is 17.5 Å². The summed E-state index contributed by atoms with van der Waals surface area (Å²) in [4.78, 5) is 16.5. The topological polar surface area (TPSA) is 150 Å². The average Bonchev–Trinajstić information content (AvgIpc) is 3.12. The van der Waals surface area contributed by atoms with Crippen molar-refractivity contribution in [1.82, 2.24) is 25.0 Å². The molecule has 5 rings (SSSR count). The molecular formula is C22H29N9O. The van der Waals surface area contributed by atoms with Gasteiger partial charge in [0.25, 0.3) is 5.91 Å². The van der Waals surface area contributed by atoms with Gasteiger partial charge in [-0.2, -0.15) is 10.1 Å². The molecule has 0 radical (unpaired) electrons. The zero-order valence-electron chi connectivity index (χ0n) is 18.2. The second-order valence-electron chi connectivity index (χ2n) is 8.92. The highest BCUT2D eigenvalue weighted by atomic mass is 16.1. The zero-order chi connectivity index (χ0) is 22.2. The molecule has 0 saturated heterocycles. The summed E-state index contributed by atoms with van der Waals surface area (Å²) in [5.74, 6) is -0.0873. The number of benzene rings is 1. The maximum absolute atomic E-state index is 12.0. The van der Waals surface area contributed by atoms with Crippen molar-refractivity contribution in [3.05, 3.63) is 29.6 Å². The number of carbonyl (C=O) groups excluding carboxylic acids is 1. The largest absolute Gasteiger partial charge is 0.364 e. The highest BCUT2D eigenvalue weighted by Crippen LogP contribution is 2.35. The lowest BCUT2D eigenvalue weighted by molar-refractivity contribution is 0.0995. The number of rotatable bonds is 6. The van der Waals surface area contributed by atoms with Crippen LogP contribution in [0, 0.1) is 6.92 Å². The van der Waals surface area contributed by atoms with Crippen molar-refractivity contribution < 1.29 is 4.79 Å². The van der Waals surface area contributed by atoms with Crippen molar-refractivity contribution >= 4 is 34.3 Å². The fraction of sp³-hybridized carbons (Fsp3) is 0.500. The van der Waals surface area contributed by atoms with Gasteiger partial charge in [0, 0.05) is 23.2 Å². The summed E-state index contributed by atoms with van der Waals surface area (Å²) < 4.78 is 2.10. The predicted octanol–water partition coefficient (Wildman–Crippen LogP) is 2.78. The van der Waals surface area contributed by atoms with Gasteiger partial charge in [-0.15, -0.1) is 10.2 Å². The van der Waals surface area contributed by atoms with Crippen molar-refractivity contribution in [3.8, 4) is 0 Å². The number of carbonyl (C=O) groups is 1. The van der Waals surface area contributed by atoms with Crippen molar-refractivity contribution in [3.63, 3.8) is 0 Å². The molecule has 2 aliphatic carbocycles. The first kappa shape index (κ1) is 20.6. The molecule has 0 aliphatic heterocycles. The Balaban J connectivity index is 1.46. The van der Waals surface area contributed by atoms with Crippen LogP contribution in [0.15, 0.2) is 18.3 Å². The quantitative estimate of drug-likeness (QED) is 0.462. The van der Waals surface area contributed by atoms with Gasteiger partial charge in [0.2, 0.25) is 5.95 Å². The summed E-state index contributed by atoms with van der Waals surface area (Å²) in [6, 6.07) is 4.60. The molecule has 0 unspecified atom stereocenters. The molecule has 2 aromatic heterocycles. The summed E-state index contributed by atoms with van der Waals surface area (Å²) >= 11 is 0. The van der Waals surface area contributed by atoms with Crippen molar-refractivity contribution in [2.45, 2.75) is 70.0 Å². The van der Waals surface area contributed by atoms with Gasteiger partial charge < -0.3 is 22.1 Å². The van der Waals surface area contributed by atoms with E-state index in [-0.39, 0.29) is 23.6 Å². The summed E-state index contributed by atoms with van der Waals surface area (Å²) in [7, 11) is 0. The predicted molar refractivity (Wildman–Crippen MR) is 123 cm³/mol. The first-order valence-electron chi connectivity index (χ1n) is 11.3. The molecular weight excluding hydrogens is 406 g/mol. The molecule has 2 atom stereocenters. The van der Waals surface area contributed by atoms with Crippen LogP contribution in [0.1, 0.15) is 67.0 Å². The van der Waals surface area contributed by atoms with Crippen LogP contribution in [0.5, 0.6) is 0 Å². The summed E-state index contributed by atoms with van der Waals surface area (Å²) in [5, 5.41) is 20.4. The van der Waals surface area contributed by atoms with Gasteiger partial charge >= 0.3 is 0 Å². The Morgan fingerprint density at radius 1 is 1.12 bits per heavy atom. The lowest BCUT2D eigenvalue weighted by Crippen LogP contribution is -2.43. The molecule has 6 N–H and O–H groups in total. The molecule has 168 valence electrons. The van der Waals surface area contributed by atoms with Gasteiger partial charge in [0.15, 0.2) is 11.5 Å². The Morgan fingerprint density at radius 3 is 2.66 bits per heavy atom. The molecule has 1 aromatic carbocycles. The SMILES string of the molecule is Cc1cc(Nc2nc(N[C@@H]3CCCC[C@@H]3N)nnc2C(N)=O)cc2c1cnn2C1CCC1. The Hall–Kier alpha value is -3.27. The van der Waals surface area contributed by atoms with Gasteiger partial charge in [-0.1, -0.05) is 12.8 Å². The fourth-order valence-electron chi connectivity index (χ4n) is 4.60. The molecule has 2 aliphatic rings. The standard InChI is InChI=1S/C22H29N9O/c1-12-9-13(10-18-15(12)11-25-31(18)14-5-4-6-14)26-21-19(20(24)32)29-30-22(28-21)27-17-8-3-2-7-16(17)23/h9-11,14,16-17H,2-8,23H2,1H3,(H2,24,32)(H2,26,27,28,30)/t16-,17+/m0/s1. The highest BCUT2D eigenvalue weighted by molar-refractivity contribution is 5.96. The molecule has 3 aromatic rings. The summed E-state index contributed by atoms with van der Waals surface area (Å²) in [6.07, 6.45) is 9.60. The smallest absolute Gasteiger partial charge is 0.273 e. The number of hydrogen-bond acceptors (Lipinski definition) is 8. The monoisotopic (exact) mass is 435 g/mol. The maximum atomic E-state index is 12.0. The van der Waals surface area contributed by atoms with E-state index in [0.29, 0.717) is 12.0 Å². The molecule has 0 bridgehead atoms. The van der Waals surface area contributed by atoms with Gasteiger partial charge in [0.05, 0.1) is 17.8 Å². The Bertz CT molecular complexity index is 1150. The van der Waals surface area contributed by atoms with E-state index < -0.39 is 5.91 Å². The van der Waals surface area contributed by atoms with Crippen LogP contribution in [-0.2, 0) is 0 Å². The number of anilines is 3. The summed E-state index contributed by atoms with van der Waals surface area (Å²) in [5.41, 5.74) is 14.7. The highest BCUT2D eigenvalue weighted by Gasteiger charge is 2.25. The van der Waals surface area contributed by atoms with E-state index in [1.54, 1.807) is 0 Å². The third-order valence-corrected chi connectivity index (χ3v) is 6.66. The van der Waals surface area contributed by atoms with Crippen LogP contribution in [-0.4, -0.2) is 43.0 Å². The van der Waals surface area contributed by atoms with Gasteiger partial charge in [-0.3, -0.25) is 9.48 Å². The number of aromatic nitrogens is 5. The average molecular weight is 436 g/mol. The van der Waals surface area contributed by atoms with Crippen molar-refractivity contribution in [2.24, 2.45) is 11.5 Å². The molecule has 10 nitrogen and oxygen atoms in total. The maximum Gasteiger partial charge on any atom is 0.273 e. The van der Waals surface area contributed by atoms with E-state index in [2.05, 4.69) is 35.6 Å². The summed E-state index contributed by atoms with van der Waals surface area (Å²) in [6.45, 7) is 2.05. The number of primary amides is 1. The molecule has 2 fully saturated rings. The number of nitrogens with one attached hydrogen (secondary N) is 2. The second-order valence-corrected chi connectivity index (χ2v) is 8.92. The minimum atomic E-state index is -0.689. The number of hydrogen-bond donors (Lipinski definition) is 4. The van der Waals surface area contributed by atoms with Crippen LogP contribution >= 0.6 is 0 Å². The Labute approximate surface area is 186 Å². The number of fused-ring (bicyclic) bond motifs is 1. The second kappa shape index (κ2) is 8.34. The third kappa shape index (κ3) is 3.86.